The molecule has 0 spiro atoms. The molecule has 0 bridgehead atoms. The highest BCUT2D eigenvalue weighted by atomic mass is 16.5. The third-order valence-corrected chi connectivity index (χ3v) is 2.14. The van der Waals surface area contributed by atoms with Crippen LogP contribution >= 0.6 is 0 Å². The van der Waals surface area contributed by atoms with E-state index in [9.17, 15) is 0 Å². The molecule has 1 fully saturated rings. The van der Waals surface area contributed by atoms with Gasteiger partial charge >= 0.3 is 0 Å². The summed E-state index contributed by atoms with van der Waals surface area (Å²) < 4.78 is 5.25. The first kappa shape index (κ1) is 8.59. The molecule has 4 heteroatoms. The molecule has 1 atom stereocenters. The molecule has 70 valence electrons. The fourth-order valence-electron chi connectivity index (χ4n) is 1.37. The van der Waals surface area contributed by atoms with E-state index in [-0.39, 0.29) is 0 Å². The summed E-state index contributed by atoms with van der Waals surface area (Å²) in [5.74, 6) is 0. The number of aromatic nitrogens is 2. The van der Waals surface area contributed by atoms with Crippen molar-refractivity contribution in [2.45, 2.75) is 19.0 Å². The summed E-state index contributed by atoms with van der Waals surface area (Å²) in [6.45, 7) is 2.50. The zero-order chi connectivity index (χ0) is 8.93. The standard InChI is InChI=1S/C9H13N3O/c1-3-10-7-12-8(1)5-11-9-2-4-13-6-9/h1,3,7,9,11H,2,4-6H2. The zero-order valence-electron chi connectivity index (χ0n) is 7.44. The minimum Gasteiger partial charge on any atom is -0.380 e. The Labute approximate surface area is 77.4 Å². The minimum atomic E-state index is 0.495. The molecule has 1 aromatic heterocycles. The molecule has 1 N–H and O–H groups in total. The molecule has 1 aliphatic rings. The van der Waals surface area contributed by atoms with E-state index in [1.54, 1.807) is 12.5 Å². The first-order valence-electron chi connectivity index (χ1n) is 4.51. The van der Waals surface area contributed by atoms with E-state index < -0.39 is 0 Å². The summed E-state index contributed by atoms with van der Waals surface area (Å²) in [4.78, 5) is 7.99. The van der Waals surface area contributed by atoms with E-state index in [4.69, 9.17) is 4.74 Å². The Hall–Kier alpha value is -1.00. The average molecular weight is 179 g/mol. The molecule has 2 rings (SSSR count). The lowest BCUT2D eigenvalue weighted by atomic mass is 10.2. The van der Waals surface area contributed by atoms with Crippen molar-refractivity contribution in [3.8, 4) is 0 Å². The summed E-state index contributed by atoms with van der Waals surface area (Å²) in [5, 5.41) is 3.38. The van der Waals surface area contributed by atoms with Gasteiger partial charge in [-0.15, -0.1) is 0 Å². The van der Waals surface area contributed by atoms with Crippen molar-refractivity contribution in [1.29, 1.82) is 0 Å². The van der Waals surface area contributed by atoms with Gasteiger partial charge in [0.25, 0.3) is 0 Å². The summed E-state index contributed by atoms with van der Waals surface area (Å²) in [6.07, 6.45) is 4.43. The monoisotopic (exact) mass is 179 g/mol. The summed E-state index contributed by atoms with van der Waals surface area (Å²) in [6, 6.07) is 2.41. The van der Waals surface area contributed by atoms with Crippen LogP contribution in [0, 0.1) is 0 Å². The van der Waals surface area contributed by atoms with Gasteiger partial charge in [-0.1, -0.05) is 0 Å². The highest BCUT2D eigenvalue weighted by Crippen LogP contribution is 2.03. The third-order valence-electron chi connectivity index (χ3n) is 2.14. The maximum atomic E-state index is 5.25. The van der Waals surface area contributed by atoms with Crippen LogP contribution in [0.1, 0.15) is 12.1 Å². The maximum Gasteiger partial charge on any atom is 0.115 e. The number of ether oxygens (including phenoxy) is 1. The van der Waals surface area contributed by atoms with Gasteiger partial charge in [0.1, 0.15) is 6.33 Å². The molecule has 4 nitrogen and oxygen atoms in total. The van der Waals surface area contributed by atoms with Crippen LogP contribution in [0.3, 0.4) is 0 Å². The fourth-order valence-corrected chi connectivity index (χ4v) is 1.37. The maximum absolute atomic E-state index is 5.25. The molecule has 0 radical (unpaired) electrons. The first-order valence-corrected chi connectivity index (χ1v) is 4.51. The van der Waals surface area contributed by atoms with E-state index in [1.807, 2.05) is 6.07 Å². The van der Waals surface area contributed by atoms with Gasteiger partial charge in [0.15, 0.2) is 0 Å². The van der Waals surface area contributed by atoms with Crippen LogP contribution in [0.25, 0.3) is 0 Å². The summed E-state index contributed by atoms with van der Waals surface area (Å²) in [7, 11) is 0. The van der Waals surface area contributed by atoms with Crippen molar-refractivity contribution in [1.82, 2.24) is 15.3 Å². The van der Waals surface area contributed by atoms with Crippen molar-refractivity contribution < 1.29 is 4.74 Å². The second-order valence-corrected chi connectivity index (χ2v) is 3.14. The van der Waals surface area contributed by atoms with Crippen LogP contribution in [0.5, 0.6) is 0 Å². The fraction of sp³-hybridized carbons (Fsp3) is 0.556. The Kier molecular flexibility index (Phi) is 2.84. The number of hydrogen-bond donors (Lipinski definition) is 1. The number of nitrogens with one attached hydrogen (secondary N) is 1. The van der Waals surface area contributed by atoms with Crippen LogP contribution < -0.4 is 5.32 Å². The topological polar surface area (TPSA) is 47.0 Å². The van der Waals surface area contributed by atoms with E-state index >= 15 is 0 Å². The van der Waals surface area contributed by atoms with Crippen LogP contribution in [0.15, 0.2) is 18.6 Å². The van der Waals surface area contributed by atoms with Crippen LogP contribution in [-0.4, -0.2) is 29.2 Å². The minimum absolute atomic E-state index is 0.495. The number of rotatable bonds is 3. The first-order chi connectivity index (χ1) is 6.45. The van der Waals surface area contributed by atoms with Crippen molar-refractivity contribution in [3.05, 3.63) is 24.3 Å². The van der Waals surface area contributed by atoms with Gasteiger partial charge in [0.05, 0.1) is 12.3 Å². The second kappa shape index (κ2) is 4.30. The van der Waals surface area contributed by atoms with E-state index in [0.717, 1.165) is 31.9 Å². The smallest absolute Gasteiger partial charge is 0.115 e. The van der Waals surface area contributed by atoms with Crippen molar-refractivity contribution in [2.75, 3.05) is 13.2 Å². The van der Waals surface area contributed by atoms with E-state index in [1.165, 1.54) is 0 Å². The Morgan fingerprint density at radius 1 is 1.62 bits per heavy atom. The predicted octanol–water partition coefficient (Wildman–Crippen LogP) is 0.355. The lowest BCUT2D eigenvalue weighted by Gasteiger charge is -2.08. The second-order valence-electron chi connectivity index (χ2n) is 3.14. The Morgan fingerprint density at radius 2 is 2.62 bits per heavy atom. The van der Waals surface area contributed by atoms with Gasteiger partial charge in [0.2, 0.25) is 0 Å². The molecule has 0 aliphatic carbocycles. The van der Waals surface area contributed by atoms with E-state index in [2.05, 4.69) is 15.3 Å². The molecular formula is C9H13N3O. The van der Waals surface area contributed by atoms with Crippen molar-refractivity contribution >= 4 is 0 Å². The molecular weight excluding hydrogens is 166 g/mol. The SMILES string of the molecule is c1cc(CNC2CCOC2)ncn1. The Bertz CT molecular complexity index is 246. The van der Waals surface area contributed by atoms with Crippen molar-refractivity contribution in [2.24, 2.45) is 0 Å². The van der Waals surface area contributed by atoms with Crippen LogP contribution in [0.2, 0.25) is 0 Å². The number of nitrogens with zero attached hydrogens (tertiary/aromatic N) is 2. The average Bonchev–Trinajstić information content (AvgIpc) is 2.69. The van der Waals surface area contributed by atoms with Gasteiger partial charge in [-0.2, -0.15) is 0 Å². The Balaban J connectivity index is 1.79. The molecule has 0 amide bonds. The molecule has 1 aliphatic heterocycles. The van der Waals surface area contributed by atoms with Crippen molar-refractivity contribution in [3.63, 3.8) is 0 Å². The third kappa shape index (κ3) is 2.47. The van der Waals surface area contributed by atoms with Crippen LogP contribution in [-0.2, 0) is 11.3 Å². The molecule has 13 heavy (non-hydrogen) atoms. The lowest BCUT2D eigenvalue weighted by Crippen LogP contribution is -2.28. The van der Waals surface area contributed by atoms with Gasteiger partial charge in [0, 0.05) is 25.4 Å². The number of hydrogen-bond acceptors (Lipinski definition) is 4. The highest BCUT2D eigenvalue weighted by Gasteiger charge is 2.14. The lowest BCUT2D eigenvalue weighted by molar-refractivity contribution is 0.189. The summed E-state index contributed by atoms with van der Waals surface area (Å²) >= 11 is 0. The van der Waals surface area contributed by atoms with Gasteiger partial charge < -0.3 is 10.1 Å². The Morgan fingerprint density at radius 3 is 3.31 bits per heavy atom. The highest BCUT2D eigenvalue weighted by molar-refractivity contribution is 4.97. The molecule has 0 aromatic carbocycles. The normalized spacial score (nSPS) is 22.0. The van der Waals surface area contributed by atoms with Gasteiger partial charge in [-0.05, 0) is 12.5 Å². The van der Waals surface area contributed by atoms with Crippen LogP contribution in [0.4, 0.5) is 0 Å². The molecule has 1 unspecified atom stereocenters. The van der Waals surface area contributed by atoms with Gasteiger partial charge in [-0.3, -0.25) is 0 Å². The van der Waals surface area contributed by atoms with E-state index in [0.29, 0.717) is 6.04 Å². The molecule has 1 aromatic rings. The molecule has 1 saturated heterocycles. The predicted molar refractivity (Wildman–Crippen MR) is 48.1 cm³/mol. The summed E-state index contributed by atoms with van der Waals surface area (Å²) in [5.41, 5.74) is 1.03. The zero-order valence-corrected chi connectivity index (χ0v) is 7.44. The largest absolute Gasteiger partial charge is 0.380 e. The quantitative estimate of drug-likeness (QED) is 0.727. The van der Waals surface area contributed by atoms with Gasteiger partial charge in [-0.25, -0.2) is 9.97 Å². The molecule has 2 heterocycles. The molecule has 0 saturated carbocycles.